The van der Waals surface area contributed by atoms with Gasteiger partial charge in [0.2, 0.25) is 10.0 Å². The van der Waals surface area contributed by atoms with Crippen molar-refractivity contribution in [3.8, 4) is 5.75 Å². The average molecular weight is 515 g/mol. The fraction of sp³-hybridized carbons (Fsp3) is 0.385. The number of ether oxygens (including phenoxy) is 2. The molecule has 0 unspecified atom stereocenters. The monoisotopic (exact) mass is 514 g/mol. The number of amidine groups is 1. The smallest absolute Gasteiger partial charge is 0.323 e. The number of aryl methyl sites for hydroxylation is 1. The first-order valence-electron chi connectivity index (χ1n) is 11.9. The number of sulfonamides is 1. The normalized spacial score (nSPS) is 14.5. The Hall–Kier alpha value is -3.37. The van der Waals surface area contributed by atoms with E-state index in [0.717, 1.165) is 37.1 Å². The zero-order valence-electron chi connectivity index (χ0n) is 20.7. The molecule has 36 heavy (non-hydrogen) atoms. The van der Waals surface area contributed by atoms with E-state index in [1.165, 1.54) is 4.31 Å². The van der Waals surface area contributed by atoms with Gasteiger partial charge < -0.3 is 20.5 Å². The van der Waals surface area contributed by atoms with Crippen LogP contribution in [-0.4, -0.2) is 58.3 Å². The van der Waals surface area contributed by atoms with Gasteiger partial charge in [-0.1, -0.05) is 24.3 Å². The lowest BCUT2D eigenvalue weighted by molar-refractivity contribution is -0.139. The number of nitrogens with zero attached hydrogens (tertiary/aromatic N) is 1. The van der Waals surface area contributed by atoms with Gasteiger partial charge in [0.1, 0.15) is 17.7 Å². The Morgan fingerprint density at radius 2 is 1.89 bits per heavy atom. The minimum Gasteiger partial charge on any atom is -0.490 e. The van der Waals surface area contributed by atoms with E-state index >= 15 is 0 Å². The molecule has 2 aromatic carbocycles. The quantitative estimate of drug-likeness (QED) is 0.238. The predicted octanol–water partition coefficient (Wildman–Crippen LogP) is 2.82. The second kappa shape index (κ2) is 12.5. The van der Waals surface area contributed by atoms with Crippen molar-refractivity contribution >= 4 is 33.6 Å². The molecular formula is C26H34N4O5S. The van der Waals surface area contributed by atoms with E-state index < -0.39 is 21.7 Å². The fourth-order valence-electron chi connectivity index (χ4n) is 3.87. The molecule has 1 saturated heterocycles. The number of piperidine rings is 1. The molecule has 0 bridgehead atoms. The minimum absolute atomic E-state index is 0.0000242. The van der Waals surface area contributed by atoms with Gasteiger partial charge in [0.05, 0.1) is 18.8 Å². The highest BCUT2D eigenvalue weighted by Gasteiger charge is 2.26. The summed E-state index contributed by atoms with van der Waals surface area (Å²) < 4.78 is 38.4. The molecule has 0 atom stereocenters. The van der Waals surface area contributed by atoms with Gasteiger partial charge >= 0.3 is 5.97 Å². The lowest BCUT2D eigenvalue weighted by Crippen LogP contribution is -2.36. The Labute approximate surface area is 212 Å². The van der Waals surface area contributed by atoms with Gasteiger partial charge in [-0.05, 0) is 81.2 Å². The van der Waals surface area contributed by atoms with Crippen LogP contribution in [0.2, 0.25) is 0 Å². The molecule has 9 nitrogen and oxygen atoms in total. The maximum Gasteiger partial charge on any atom is 0.323 e. The predicted molar refractivity (Wildman–Crippen MR) is 142 cm³/mol. The number of hydrogen-bond donors (Lipinski definition) is 3. The molecule has 4 N–H and O–H groups in total. The van der Waals surface area contributed by atoms with Crippen molar-refractivity contribution in [2.45, 2.75) is 32.8 Å². The van der Waals surface area contributed by atoms with Crippen LogP contribution in [0.1, 0.15) is 36.5 Å². The topological polar surface area (TPSA) is 135 Å². The zero-order chi connectivity index (χ0) is 26.1. The summed E-state index contributed by atoms with van der Waals surface area (Å²) in [5, 5.41) is 10.9. The summed E-state index contributed by atoms with van der Waals surface area (Å²) in [5.74, 6) is -0.945. The van der Waals surface area contributed by atoms with Crippen molar-refractivity contribution in [3.63, 3.8) is 0 Å². The first kappa shape index (κ1) is 27.2. The molecule has 3 rings (SSSR count). The van der Waals surface area contributed by atoms with Gasteiger partial charge in [-0.3, -0.25) is 14.5 Å². The molecule has 2 aromatic rings. The van der Waals surface area contributed by atoms with Crippen LogP contribution in [0.4, 0.5) is 5.69 Å². The van der Waals surface area contributed by atoms with E-state index in [4.69, 9.17) is 20.6 Å². The van der Waals surface area contributed by atoms with E-state index in [1.807, 2.05) is 13.0 Å². The SMILES string of the molecule is CCOC(=O)CS(=O)(=O)N(CC=Cc1cc(C(=N)N)ccc1C)c1ccc(OC2CCNCC2)cc1. The molecule has 0 spiro atoms. The Bertz CT molecular complexity index is 1190. The Morgan fingerprint density at radius 1 is 1.19 bits per heavy atom. The third kappa shape index (κ3) is 7.56. The van der Waals surface area contributed by atoms with Crippen LogP contribution in [0.5, 0.6) is 5.75 Å². The summed E-state index contributed by atoms with van der Waals surface area (Å²) in [5.41, 5.74) is 8.36. The highest BCUT2D eigenvalue weighted by Crippen LogP contribution is 2.25. The Balaban J connectivity index is 1.83. The Kier molecular flexibility index (Phi) is 9.49. The summed E-state index contributed by atoms with van der Waals surface area (Å²) in [4.78, 5) is 12.0. The van der Waals surface area contributed by atoms with E-state index in [2.05, 4.69) is 5.32 Å². The van der Waals surface area contributed by atoms with Gasteiger partial charge in [0.25, 0.3) is 0 Å². The number of benzene rings is 2. The molecule has 1 aliphatic heterocycles. The van der Waals surface area contributed by atoms with Gasteiger partial charge in [0.15, 0.2) is 5.75 Å². The number of nitrogens with two attached hydrogens (primary N) is 1. The first-order valence-corrected chi connectivity index (χ1v) is 13.6. The number of carbonyl (C=O) groups excluding carboxylic acids is 1. The van der Waals surface area contributed by atoms with Crippen LogP contribution >= 0.6 is 0 Å². The maximum atomic E-state index is 13.2. The second-order valence-electron chi connectivity index (χ2n) is 8.54. The molecule has 1 aliphatic rings. The fourth-order valence-corrected chi connectivity index (χ4v) is 5.16. The standard InChI is InChI=1S/C26H34N4O5S/c1-3-34-25(31)18-36(32,33)30(16-4-5-20-17-21(26(27)28)7-6-19(20)2)22-8-10-23(11-9-22)35-24-12-14-29-15-13-24/h4-11,17,24,29H,3,12-16,18H2,1-2H3,(H3,27,28). The highest BCUT2D eigenvalue weighted by atomic mass is 32.2. The summed E-state index contributed by atoms with van der Waals surface area (Å²) in [6.45, 7) is 5.46. The van der Waals surface area contributed by atoms with Crippen molar-refractivity contribution < 1.29 is 22.7 Å². The number of nitrogen functional groups attached to an aromatic ring is 1. The maximum absolute atomic E-state index is 13.2. The van der Waals surface area contributed by atoms with E-state index in [-0.39, 0.29) is 25.1 Å². The third-order valence-electron chi connectivity index (χ3n) is 5.81. The van der Waals surface area contributed by atoms with E-state index in [1.54, 1.807) is 55.5 Å². The average Bonchev–Trinajstić information content (AvgIpc) is 2.84. The summed E-state index contributed by atoms with van der Waals surface area (Å²) in [7, 11) is -4.02. The first-order chi connectivity index (χ1) is 17.2. The van der Waals surface area contributed by atoms with Gasteiger partial charge in [-0.25, -0.2) is 8.42 Å². The van der Waals surface area contributed by atoms with Crippen molar-refractivity contribution in [2.75, 3.05) is 36.3 Å². The summed E-state index contributed by atoms with van der Waals surface area (Å²) in [6.07, 6.45) is 5.43. The second-order valence-corrected chi connectivity index (χ2v) is 10.4. The van der Waals surface area contributed by atoms with Crippen molar-refractivity contribution in [1.82, 2.24) is 5.32 Å². The molecule has 0 saturated carbocycles. The van der Waals surface area contributed by atoms with Crippen LogP contribution in [0.15, 0.2) is 48.5 Å². The van der Waals surface area contributed by atoms with Crippen LogP contribution in [-0.2, 0) is 19.6 Å². The van der Waals surface area contributed by atoms with E-state index in [0.29, 0.717) is 17.0 Å². The minimum atomic E-state index is -4.02. The highest BCUT2D eigenvalue weighted by molar-refractivity contribution is 7.93. The van der Waals surface area contributed by atoms with Crippen LogP contribution in [0, 0.1) is 12.3 Å². The largest absolute Gasteiger partial charge is 0.490 e. The van der Waals surface area contributed by atoms with Crippen molar-refractivity contribution in [1.29, 1.82) is 5.41 Å². The Morgan fingerprint density at radius 3 is 2.53 bits per heavy atom. The third-order valence-corrected chi connectivity index (χ3v) is 7.45. The molecule has 0 aromatic heterocycles. The number of nitrogens with one attached hydrogen (secondary N) is 2. The molecule has 10 heteroatoms. The van der Waals surface area contributed by atoms with Crippen LogP contribution in [0.25, 0.3) is 6.08 Å². The summed E-state index contributed by atoms with van der Waals surface area (Å²) >= 11 is 0. The van der Waals surface area contributed by atoms with E-state index in [9.17, 15) is 13.2 Å². The molecular weight excluding hydrogens is 480 g/mol. The molecule has 1 heterocycles. The molecule has 1 fully saturated rings. The zero-order valence-corrected chi connectivity index (χ0v) is 21.5. The molecule has 0 radical (unpaired) electrons. The van der Waals surface area contributed by atoms with Crippen LogP contribution < -0.4 is 20.1 Å². The summed E-state index contributed by atoms with van der Waals surface area (Å²) in [6, 6.07) is 12.2. The van der Waals surface area contributed by atoms with Gasteiger partial charge in [-0.15, -0.1) is 0 Å². The van der Waals surface area contributed by atoms with Crippen LogP contribution in [0.3, 0.4) is 0 Å². The van der Waals surface area contributed by atoms with Gasteiger partial charge in [0, 0.05) is 5.56 Å². The van der Waals surface area contributed by atoms with Crippen molar-refractivity contribution in [3.05, 3.63) is 65.2 Å². The number of esters is 1. The number of anilines is 1. The molecule has 0 aliphatic carbocycles. The lowest BCUT2D eigenvalue weighted by Gasteiger charge is -2.25. The number of carbonyl (C=O) groups is 1. The molecule has 194 valence electrons. The molecule has 0 amide bonds. The number of rotatable bonds is 11. The number of hydrogen-bond acceptors (Lipinski definition) is 7. The lowest BCUT2D eigenvalue weighted by atomic mass is 10.0. The van der Waals surface area contributed by atoms with Crippen molar-refractivity contribution in [2.24, 2.45) is 5.73 Å². The van der Waals surface area contributed by atoms with Gasteiger partial charge in [-0.2, -0.15) is 0 Å².